The Balaban J connectivity index is 2.69. The van der Waals surface area contributed by atoms with Gasteiger partial charge >= 0.3 is 6.09 Å². The molecule has 1 aromatic carbocycles. The highest BCUT2D eigenvalue weighted by molar-refractivity contribution is 5.94. The van der Waals surface area contributed by atoms with Crippen molar-refractivity contribution in [3.8, 4) is 0 Å². The van der Waals surface area contributed by atoms with Crippen molar-refractivity contribution >= 4 is 41.2 Å². The molecule has 4 N–H and O–H groups in total. The number of Topliss-reactive ketones (excluding diaryl/α,β-unsaturated/α-hetero) is 3. The number of ether oxygens (including phenoxy) is 4. The Morgan fingerprint density at radius 2 is 1.34 bits per heavy atom. The van der Waals surface area contributed by atoms with Gasteiger partial charge in [0.1, 0.15) is 17.9 Å². The number of hydrogen-bond acceptors (Lipinski definition) is 11. The Kier molecular flexibility index (Phi) is 25.1. The van der Waals surface area contributed by atoms with Crippen molar-refractivity contribution in [3.63, 3.8) is 0 Å². The third-order valence-corrected chi connectivity index (χ3v) is 8.39. The van der Waals surface area contributed by atoms with Crippen molar-refractivity contribution in [1.29, 1.82) is 0 Å². The number of benzene rings is 1. The van der Waals surface area contributed by atoms with E-state index in [1.54, 1.807) is 27.9 Å². The second kappa shape index (κ2) is 28.2. The fourth-order valence-electron chi connectivity index (χ4n) is 5.55. The second-order valence-electron chi connectivity index (χ2n) is 15.2. The molecule has 316 valence electrons. The molecule has 15 heteroatoms. The summed E-state index contributed by atoms with van der Waals surface area (Å²) < 4.78 is 20.8. The first-order valence-corrected chi connectivity index (χ1v) is 19.6. The zero-order valence-electron chi connectivity index (χ0n) is 34.5. The summed E-state index contributed by atoms with van der Waals surface area (Å²) in [6, 6.07) is 7.47. The average molecular weight is 791 g/mol. The highest BCUT2D eigenvalue weighted by Crippen LogP contribution is 2.17. The molecule has 0 aliphatic heterocycles. The van der Waals surface area contributed by atoms with Crippen LogP contribution in [0.1, 0.15) is 98.5 Å². The van der Waals surface area contributed by atoms with E-state index >= 15 is 0 Å². The molecule has 1 rings (SSSR count). The summed E-state index contributed by atoms with van der Waals surface area (Å²) in [7, 11) is 1.60. The lowest BCUT2D eigenvalue weighted by atomic mass is 9.89. The van der Waals surface area contributed by atoms with Crippen molar-refractivity contribution in [1.82, 2.24) is 21.3 Å². The minimum absolute atomic E-state index is 0.0257. The van der Waals surface area contributed by atoms with Crippen LogP contribution in [0, 0.1) is 11.8 Å². The molecular weight excluding hydrogens is 724 g/mol. The molecule has 15 nitrogen and oxygen atoms in total. The number of alkyl carbamates (subject to hydrolysis) is 1. The molecule has 3 atom stereocenters. The lowest BCUT2D eigenvalue weighted by molar-refractivity contribution is -0.133. The standard InChI is InChI=1S/C41H66N4O11/c1-29(2)24-35(45-38(50)28-43-40(52)56-41(4,5)6)36(48)26-32(25-31-14-10-8-11-15-31)39(51)42-27-37(49)44-34(30(3)46)17-13-9-12-16-33(47)18-19-54-22-23-55-21-20-53-7/h8,10-11,14-15,29,32,34-35H,9,12-13,16-28H2,1-7H3,(H,42,51)(H,43,52)(H,44,49)(H,45,50). The minimum Gasteiger partial charge on any atom is -0.444 e. The topological polar surface area (TPSA) is 205 Å². The molecule has 0 saturated carbocycles. The van der Waals surface area contributed by atoms with Gasteiger partial charge in [-0.25, -0.2) is 4.79 Å². The van der Waals surface area contributed by atoms with Gasteiger partial charge < -0.3 is 40.2 Å². The number of amides is 4. The van der Waals surface area contributed by atoms with Gasteiger partial charge in [-0.15, -0.1) is 0 Å². The van der Waals surface area contributed by atoms with Crippen molar-refractivity contribution in [2.24, 2.45) is 11.8 Å². The van der Waals surface area contributed by atoms with E-state index < -0.39 is 60.5 Å². The number of methoxy groups -OCH3 is 1. The lowest BCUT2D eigenvalue weighted by Gasteiger charge is -2.23. The minimum atomic E-state index is -0.914. The normalized spacial score (nSPS) is 12.9. The van der Waals surface area contributed by atoms with E-state index in [2.05, 4.69) is 21.3 Å². The Labute approximate surface area is 332 Å². The zero-order chi connectivity index (χ0) is 41.9. The van der Waals surface area contributed by atoms with E-state index in [1.807, 2.05) is 44.2 Å². The molecule has 0 aromatic heterocycles. The number of rotatable bonds is 30. The van der Waals surface area contributed by atoms with E-state index in [1.165, 1.54) is 6.92 Å². The van der Waals surface area contributed by atoms with Gasteiger partial charge in [0.2, 0.25) is 17.7 Å². The number of hydrogen-bond donors (Lipinski definition) is 4. The van der Waals surface area contributed by atoms with Gasteiger partial charge in [0.25, 0.3) is 0 Å². The van der Waals surface area contributed by atoms with Crippen LogP contribution in [0.2, 0.25) is 0 Å². The fraction of sp³-hybridized carbons (Fsp3) is 0.683. The molecule has 0 saturated heterocycles. The summed E-state index contributed by atoms with van der Waals surface area (Å²) in [5, 5.41) is 10.4. The van der Waals surface area contributed by atoms with E-state index in [0.717, 1.165) is 5.56 Å². The van der Waals surface area contributed by atoms with Crippen LogP contribution in [0.25, 0.3) is 0 Å². The third-order valence-electron chi connectivity index (χ3n) is 8.39. The van der Waals surface area contributed by atoms with Gasteiger partial charge in [0.05, 0.1) is 51.7 Å². The summed E-state index contributed by atoms with van der Waals surface area (Å²) in [6.07, 6.45) is 2.61. The molecule has 0 heterocycles. The van der Waals surface area contributed by atoms with E-state index in [-0.39, 0.29) is 36.1 Å². The molecule has 0 aliphatic carbocycles. The van der Waals surface area contributed by atoms with E-state index in [0.29, 0.717) is 78.0 Å². The van der Waals surface area contributed by atoms with Gasteiger partial charge in [-0.2, -0.15) is 0 Å². The Hall–Kier alpha value is -4.21. The quantitative estimate of drug-likeness (QED) is 0.0829. The number of nitrogens with one attached hydrogen (secondary N) is 4. The van der Waals surface area contributed by atoms with Gasteiger partial charge in [0.15, 0.2) is 11.6 Å². The van der Waals surface area contributed by atoms with Crippen LogP contribution < -0.4 is 21.3 Å². The Morgan fingerprint density at radius 3 is 1.95 bits per heavy atom. The molecule has 4 amide bonds. The van der Waals surface area contributed by atoms with Crippen LogP contribution in [0.5, 0.6) is 0 Å². The maximum atomic E-state index is 13.6. The molecular formula is C41H66N4O11. The lowest BCUT2D eigenvalue weighted by Crippen LogP contribution is -2.48. The Bertz CT molecular complexity index is 1360. The summed E-state index contributed by atoms with van der Waals surface area (Å²) in [5.74, 6) is -2.99. The molecule has 0 bridgehead atoms. The van der Waals surface area contributed by atoms with Gasteiger partial charge in [-0.1, -0.05) is 57.0 Å². The predicted octanol–water partition coefficient (Wildman–Crippen LogP) is 3.64. The van der Waals surface area contributed by atoms with Gasteiger partial charge in [-0.05, 0) is 64.9 Å². The SMILES string of the molecule is COCCOCCOCCC(=O)CCCCCC(NC(=O)CNC(=O)C(CC(=O)C(CC(C)C)NC(=O)CNC(=O)OC(C)(C)C)Cc1ccccc1)C(C)=O. The number of unbranched alkanes of at least 4 members (excludes halogenated alkanes) is 2. The van der Waals surface area contributed by atoms with Crippen molar-refractivity contribution in [3.05, 3.63) is 35.9 Å². The van der Waals surface area contributed by atoms with Crippen LogP contribution in [0.3, 0.4) is 0 Å². The predicted molar refractivity (Wildman–Crippen MR) is 211 cm³/mol. The fourth-order valence-corrected chi connectivity index (χ4v) is 5.55. The summed E-state index contributed by atoms with van der Waals surface area (Å²) in [5.41, 5.74) is 0.0601. The number of ketones is 3. The summed E-state index contributed by atoms with van der Waals surface area (Å²) in [4.78, 5) is 89.3. The first-order chi connectivity index (χ1) is 26.5. The largest absolute Gasteiger partial charge is 0.444 e. The summed E-state index contributed by atoms with van der Waals surface area (Å²) in [6.45, 7) is 11.7. The molecule has 0 spiro atoms. The van der Waals surface area contributed by atoms with Crippen molar-refractivity contribution in [2.45, 2.75) is 117 Å². The highest BCUT2D eigenvalue weighted by Gasteiger charge is 2.29. The maximum absolute atomic E-state index is 13.6. The van der Waals surface area contributed by atoms with Crippen LogP contribution in [0.4, 0.5) is 4.79 Å². The third kappa shape index (κ3) is 25.0. The number of carbonyl (C=O) groups is 7. The van der Waals surface area contributed by atoms with Crippen molar-refractivity contribution < 1.29 is 52.5 Å². The Morgan fingerprint density at radius 1 is 0.732 bits per heavy atom. The second-order valence-corrected chi connectivity index (χ2v) is 15.2. The van der Waals surface area contributed by atoms with E-state index in [9.17, 15) is 33.6 Å². The highest BCUT2D eigenvalue weighted by atomic mass is 16.6. The maximum Gasteiger partial charge on any atom is 0.408 e. The molecule has 1 aromatic rings. The van der Waals surface area contributed by atoms with Crippen LogP contribution in [-0.2, 0) is 54.1 Å². The van der Waals surface area contributed by atoms with Crippen LogP contribution in [0.15, 0.2) is 30.3 Å². The molecule has 0 fully saturated rings. The van der Waals surface area contributed by atoms with Gasteiger partial charge in [-0.3, -0.25) is 28.8 Å². The zero-order valence-corrected chi connectivity index (χ0v) is 34.5. The number of carbonyl (C=O) groups excluding carboxylic acids is 7. The van der Waals surface area contributed by atoms with Crippen LogP contribution >= 0.6 is 0 Å². The monoisotopic (exact) mass is 790 g/mol. The smallest absolute Gasteiger partial charge is 0.408 e. The average Bonchev–Trinajstić information content (AvgIpc) is 3.12. The molecule has 3 unspecified atom stereocenters. The molecule has 0 aliphatic rings. The van der Waals surface area contributed by atoms with Crippen LogP contribution in [-0.4, -0.2) is 112 Å². The molecule has 0 radical (unpaired) electrons. The van der Waals surface area contributed by atoms with Gasteiger partial charge in [0, 0.05) is 32.3 Å². The molecule has 56 heavy (non-hydrogen) atoms. The first-order valence-electron chi connectivity index (χ1n) is 19.6. The van der Waals surface area contributed by atoms with E-state index in [4.69, 9.17) is 18.9 Å². The van der Waals surface area contributed by atoms with Crippen molar-refractivity contribution in [2.75, 3.05) is 53.2 Å². The first kappa shape index (κ1) is 49.8. The summed E-state index contributed by atoms with van der Waals surface area (Å²) >= 11 is 0.